The van der Waals surface area contributed by atoms with Gasteiger partial charge < -0.3 is 10.6 Å². The fourth-order valence-corrected chi connectivity index (χ4v) is 2.60. The van der Waals surface area contributed by atoms with Gasteiger partial charge in [0.05, 0.1) is 0 Å². The monoisotopic (exact) mass is 316 g/mol. The highest BCUT2D eigenvalue weighted by Gasteiger charge is 2.30. The van der Waals surface area contributed by atoms with E-state index in [4.69, 9.17) is 0 Å². The fraction of sp³-hybridized carbons (Fsp3) is 0.125. The average molecular weight is 316 g/mol. The standard InChI is InChI=1S/C16H16N2O3S/c1-22(21)14(15(19)17-12-8-4-2-5-9-12)16(20)18-13-10-6-3-7-11-13/h2-11,14H,1H3,(H,17,19)(H,18,20). The minimum Gasteiger partial charge on any atom is -0.325 e. The molecule has 114 valence electrons. The first-order valence-electron chi connectivity index (χ1n) is 6.62. The van der Waals surface area contributed by atoms with E-state index in [1.54, 1.807) is 48.5 Å². The molecule has 1 unspecified atom stereocenters. The molecule has 0 saturated carbocycles. The van der Waals surface area contributed by atoms with E-state index in [0.717, 1.165) is 0 Å². The summed E-state index contributed by atoms with van der Waals surface area (Å²) in [4.78, 5) is 24.4. The van der Waals surface area contributed by atoms with Crippen LogP contribution in [0.4, 0.5) is 11.4 Å². The Morgan fingerprint density at radius 2 is 1.18 bits per heavy atom. The Kier molecular flexibility index (Phi) is 5.43. The number of amides is 2. The molecule has 0 aliphatic carbocycles. The first-order valence-corrected chi connectivity index (χ1v) is 8.24. The second-order valence-electron chi connectivity index (χ2n) is 4.59. The maximum atomic E-state index is 12.2. The maximum absolute atomic E-state index is 12.2. The van der Waals surface area contributed by atoms with Gasteiger partial charge in [0.2, 0.25) is 11.8 Å². The summed E-state index contributed by atoms with van der Waals surface area (Å²) in [5.41, 5.74) is 1.10. The van der Waals surface area contributed by atoms with Gasteiger partial charge in [-0.3, -0.25) is 13.8 Å². The van der Waals surface area contributed by atoms with Gasteiger partial charge in [-0.25, -0.2) is 0 Å². The number of rotatable bonds is 5. The second kappa shape index (κ2) is 7.51. The average Bonchev–Trinajstić information content (AvgIpc) is 2.48. The molecule has 6 heteroatoms. The van der Waals surface area contributed by atoms with Crippen molar-refractivity contribution in [2.45, 2.75) is 5.25 Å². The first kappa shape index (κ1) is 15.9. The highest BCUT2D eigenvalue weighted by molar-refractivity contribution is 7.86. The van der Waals surface area contributed by atoms with E-state index < -0.39 is 27.9 Å². The topological polar surface area (TPSA) is 75.3 Å². The molecule has 0 heterocycles. The van der Waals surface area contributed by atoms with Gasteiger partial charge >= 0.3 is 0 Å². The van der Waals surface area contributed by atoms with Crippen molar-refractivity contribution in [2.75, 3.05) is 16.9 Å². The molecule has 0 aliphatic heterocycles. The predicted octanol–water partition coefficient (Wildman–Crippen LogP) is 2.01. The molecule has 2 amide bonds. The van der Waals surface area contributed by atoms with Crippen LogP contribution in [-0.4, -0.2) is 27.5 Å². The Hall–Kier alpha value is -2.47. The van der Waals surface area contributed by atoms with Crippen molar-refractivity contribution in [3.63, 3.8) is 0 Å². The Labute approximate surface area is 131 Å². The maximum Gasteiger partial charge on any atom is 0.249 e. The van der Waals surface area contributed by atoms with Crippen LogP contribution < -0.4 is 10.6 Å². The van der Waals surface area contributed by atoms with Gasteiger partial charge in [-0.2, -0.15) is 0 Å². The molecule has 1 atom stereocenters. The summed E-state index contributed by atoms with van der Waals surface area (Å²) in [6, 6.07) is 17.5. The van der Waals surface area contributed by atoms with E-state index in [0.29, 0.717) is 11.4 Å². The molecule has 0 radical (unpaired) electrons. The number of nitrogens with one attached hydrogen (secondary N) is 2. The number of benzene rings is 2. The Bertz CT molecular complexity index is 621. The number of carbonyl (C=O) groups excluding carboxylic acids is 2. The lowest BCUT2D eigenvalue weighted by Crippen LogP contribution is -2.41. The minimum absolute atomic E-state index is 0.551. The van der Waals surface area contributed by atoms with E-state index in [-0.39, 0.29) is 0 Å². The number of carbonyl (C=O) groups is 2. The zero-order valence-corrected chi connectivity index (χ0v) is 12.8. The lowest BCUT2D eigenvalue weighted by molar-refractivity contribution is -0.123. The van der Waals surface area contributed by atoms with Gasteiger partial charge in [-0.05, 0) is 24.3 Å². The van der Waals surface area contributed by atoms with Crippen LogP contribution >= 0.6 is 0 Å². The SMILES string of the molecule is CS(=O)C(C(=O)Nc1ccccc1)C(=O)Nc1ccccc1. The zero-order valence-electron chi connectivity index (χ0n) is 12.0. The van der Waals surface area contributed by atoms with Gasteiger partial charge in [0, 0.05) is 28.4 Å². The Morgan fingerprint density at radius 1 is 0.818 bits per heavy atom. The van der Waals surface area contributed by atoms with E-state index in [1.165, 1.54) is 6.26 Å². The summed E-state index contributed by atoms with van der Waals surface area (Å²) in [5, 5.41) is 3.92. The van der Waals surface area contributed by atoms with E-state index in [2.05, 4.69) is 10.6 Å². The van der Waals surface area contributed by atoms with Crippen molar-refractivity contribution in [2.24, 2.45) is 0 Å². The highest BCUT2D eigenvalue weighted by atomic mass is 32.2. The van der Waals surface area contributed by atoms with Crippen LogP contribution in [0.2, 0.25) is 0 Å². The van der Waals surface area contributed by atoms with Crippen molar-refractivity contribution < 1.29 is 13.8 Å². The summed E-state index contributed by atoms with van der Waals surface area (Å²) < 4.78 is 11.8. The summed E-state index contributed by atoms with van der Waals surface area (Å²) in [7, 11) is -1.63. The lowest BCUT2D eigenvalue weighted by atomic mass is 10.2. The molecule has 0 saturated heterocycles. The summed E-state index contributed by atoms with van der Waals surface area (Å²) in [6.07, 6.45) is 1.33. The molecular formula is C16H16N2O3S. The van der Waals surface area contributed by atoms with Crippen LogP contribution in [0, 0.1) is 0 Å². The molecule has 0 bridgehead atoms. The molecule has 5 nitrogen and oxygen atoms in total. The predicted molar refractivity (Wildman–Crippen MR) is 88.0 cm³/mol. The molecular weight excluding hydrogens is 300 g/mol. The van der Waals surface area contributed by atoms with Crippen molar-refractivity contribution in [3.05, 3.63) is 60.7 Å². The minimum atomic E-state index is -1.63. The smallest absolute Gasteiger partial charge is 0.249 e. The second-order valence-corrected chi connectivity index (χ2v) is 6.06. The fourth-order valence-electron chi connectivity index (χ4n) is 1.88. The summed E-state index contributed by atoms with van der Waals surface area (Å²) in [6.45, 7) is 0. The van der Waals surface area contributed by atoms with Gasteiger partial charge in [0.25, 0.3) is 0 Å². The number of hydrogen-bond acceptors (Lipinski definition) is 3. The molecule has 2 aromatic carbocycles. The third kappa shape index (κ3) is 4.26. The number of anilines is 2. The van der Waals surface area contributed by atoms with Gasteiger partial charge in [-0.1, -0.05) is 36.4 Å². The van der Waals surface area contributed by atoms with Crippen LogP contribution in [0.5, 0.6) is 0 Å². The van der Waals surface area contributed by atoms with Crippen LogP contribution in [0.1, 0.15) is 0 Å². The van der Waals surface area contributed by atoms with E-state index in [1.807, 2.05) is 12.1 Å². The molecule has 0 fully saturated rings. The van der Waals surface area contributed by atoms with Crippen molar-refractivity contribution in [1.29, 1.82) is 0 Å². The third-order valence-corrected chi connectivity index (χ3v) is 3.98. The van der Waals surface area contributed by atoms with Gasteiger partial charge in [-0.15, -0.1) is 0 Å². The van der Waals surface area contributed by atoms with Gasteiger partial charge in [0.1, 0.15) is 0 Å². The summed E-state index contributed by atoms with van der Waals surface area (Å²) in [5.74, 6) is -1.19. The van der Waals surface area contributed by atoms with Crippen LogP contribution in [0.25, 0.3) is 0 Å². The molecule has 0 aliphatic rings. The number of para-hydroxylation sites is 2. The molecule has 0 spiro atoms. The molecule has 2 N–H and O–H groups in total. The quantitative estimate of drug-likeness (QED) is 0.829. The summed E-state index contributed by atoms with van der Waals surface area (Å²) >= 11 is 0. The molecule has 22 heavy (non-hydrogen) atoms. The largest absolute Gasteiger partial charge is 0.325 e. The van der Waals surface area contributed by atoms with Crippen LogP contribution in [-0.2, 0) is 20.4 Å². The normalized spacial score (nSPS) is 11.7. The Morgan fingerprint density at radius 3 is 1.50 bits per heavy atom. The molecule has 2 rings (SSSR count). The lowest BCUT2D eigenvalue weighted by Gasteiger charge is -2.14. The number of hydrogen-bond donors (Lipinski definition) is 2. The van der Waals surface area contributed by atoms with Crippen LogP contribution in [0.15, 0.2) is 60.7 Å². The molecule has 0 aromatic heterocycles. The van der Waals surface area contributed by atoms with E-state index in [9.17, 15) is 13.8 Å². The highest BCUT2D eigenvalue weighted by Crippen LogP contribution is 2.10. The van der Waals surface area contributed by atoms with E-state index >= 15 is 0 Å². The van der Waals surface area contributed by atoms with Crippen molar-refractivity contribution >= 4 is 34.0 Å². The van der Waals surface area contributed by atoms with Crippen molar-refractivity contribution in [3.8, 4) is 0 Å². The first-order chi connectivity index (χ1) is 10.6. The zero-order chi connectivity index (χ0) is 15.9. The third-order valence-electron chi connectivity index (χ3n) is 2.89. The van der Waals surface area contributed by atoms with Crippen molar-refractivity contribution in [1.82, 2.24) is 0 Å². The Balaban J connectivity index is 2.10. The van der Waals surface area contributed by atoms with Crippen LogP contribution in [0.3, 0.4) is 0 Å². The van der Waals surface area contributed by atoms with Gasteiger partial charge in [0.15, 0.2) is 5.25 Å². The molecule has 2 aromatic rings.